The highest BCUT2D eigenvalue weighted by atomic mass is 35.5. The zero-order chi connectivity index (χ0) is 18.9. The molecule has 0 aromatic heterocycles. The van der Waals surface area contributed by atoms with Crippen molar-refractivity contribution >= 4 is 29.5 Å². The van der Waals surface area contributed by atoms with Crippen LogP contribution in [0.4, 0.5) is 4.79 Å². The van der Waals surface area contributed by atoms with Crippen LogP contribution in [-0.4, -0.2) is 48.8 Å². The molecule has 8 nitrogen and oxygen atoms in total. The number of hydrogen-bond donors (Lipinski definition) is 4. The van der Waals surface area contributed by atoms with Gasteiger partial charge < -0.3 is 25.8 Å². The number of carboxylic acid groups (broad SMARTS) is 1. The lowest BCUT2D eigenvalue weighted by atomic mass is 9.99. The Morgan fingerprint density at radius 2 is 1.84 bits per heavy atom. The Bertz CT molecular complexity index is 608. The summed E-state index contributed by atoms with van der Waals surface area (Å²) in [6.07, 6.45) is -0.296. The molecule has 0 aliphatic heterocycles. The van der Waals surface area contributed by atoms with Gasteiger partial charge in [-0.25, -0.2) is 4.79 Å². The van der Waals surface area contributed by atoms with E-state index in [0.29, 0.717) is 5.02 Å². The summed E-state index contributed by atoms with van der Waals surface area (Å²) in [5.41, 5.74) is -0.197. The van der Waals surface area contributed by atoms with Gasteiger partial charge in [-0.05, 0) is 24.6 Å². The van der Waals surface area contributed by atoms with Crippen molar-refractivity contribution in [3.05, 3.63) is 34.9 Å². The van der Waals surface area contributed by atoms with Crippen LogP contribution < -0.4 is 16.0 Å². The van der Waals surface area contributed by atoms with Gasteiger partial charge in [0.1, 0.15) is 0 Å². The normalized spacial score (nSPS) is 12.8. The van der Waals surface area contributed by atoms with Gasteiger partial charge in [0.05, 0.1) is 25.1 Å². The first-order valence-electron chi connectivity index (χ1n) is 7.52. The minimum Gasteiger partial charge on any atom is -0.481 e. The van der Waals surface area contributed by atoms with E-state index in [-0.39, 0.29) is 26.1 Å². The lowest BCUT2D eigenvalue weighted by Gasteiger charge is -2.28. The average Bonchev–Trinajstić information content (AvgIpc) is 2.51. The molecule has 0 heterocycles. The molecule has 0 saturated heterocycles. The van der Waals surface area contributed by atoms with E-state index in [1.54, 1.807) is 31.2 Å². The number of benzene rings is 1. The largest absolute Gasteiger partial charge is 0.481 e. The third kappa shape index (κ3) is 8.37. The number of urea groups is 1. The molecule has 0 saturated carbocycles. The van der Waals surface area contributed by atoms with Crippen LogP contribution in [0.2, 0.25) is 5.02 Å². The topological polar surface area (TPSA) is 117 Å². The number of carbonyl (C=O) groups excluding carboxylic acids is 2. The zero-order valence-electron chi connectivity index (χ0n) is 14.1. The standard InChI is InChI=1S/C16H22ClN3O5/c1-16(10-25-2,7-14(22)23)20-13(21)9-19-15(24)18-8-11-3-5-12(17)6-4-11/h3-6H,7-10H2,1-2H3,(H,20,21)(H,22,23)(H2,18,19,24). The molecule has 4 N–H and O–H groups in total. The zero-order valence-corrected chi connectivity index (χ0v) is 14.9. The van der Waals surface area contributed by atoms with Crippen LogP contribution in [0.5, 0.6) is 0 Å². The summed E-state index contributed by atoms with van der Waals surface area (Å²) >= 11 is 5.78. The Kier molecular flexibility index (Phi) is 8.17. The van der Waals surface area contributed by atoms with Gasteiger partial charge in [-0.1, -0.05) is 23.7 Å². The second-order valence-corrected chi connectivity index (χ2v) is 6.21. The fourth-order valence-corrected chi connectivity index (χ4v) is 2.30. The number of nitrogens with one attached hydrogen (secondary N) is 3. The number of carbonyl (C=O) groups is 3. The molecule has 1 unspecified atom stereocenters. The summed E-state index contributed by atoms with van der Waals surface area (Å²) in [4.78, 5) is 34.5. The van der Waals surface area contributed by atoms with Crippen LogP contribution in [0.3, 0.4) is 0 Å². The third-order valence-corrected chi connectivity index (χ3v) is 3.47. The molecular weight excluding hydrogens is 350 g/mol. The molecule has 1 aromatic rings. The SMILES string of the molecule is COCC(C)(CC(=O)O)NC(=O)CNC(=O)NCc1ccc(Cl)cc1. The van der Waals surface area contributed by atoms with Crippen molar-refractivity contribution in [3.63, 3.8) is 0 Å². The van der Waals surface area contributed by atoms with Crippen molar-refractivity contribution < 1.29 is 24.2 Å². The maximum Gasteiger partial charge on any atom is 0.315 e. The molecule has 0 fully saturated rings. The fraction of sp³-hybridized carbons (Fsp3) is 0.438. The highest BCUT2D eigenvalue weighted by Crippen LogP contribution is 2.10. The van der Waals surface area contributed by atoms with Gasteiger partial charge in [0.2, 0.25) is 5.91 Å². The first-order valence-corrected chi connectivity index (χ1v) is 7.90. The lowest BCUT2D eigenvalue weighted by molar-refractivity contribution is -0.139. The number of methoxy groups -OCH3 is 1. The van der Waals surface area contributed by atoms with E-state index in [4.69, 9.17) is 21.4 Å². The Labute approximate surface area is 150 Å². The molecule has 0 aliphatic carbocycles. The number of ether oxygens (including phenoxy) is 1. The second-order valence-electron chi connectivity index (χ2n) is 5.78. The van der Waals surface area contributed by atoms with Crippen LogP contribution in [0, 0.1) is 0 Å². The summed E-state index contributed by atoms with van der Waals surface area (Å²) in [6.45, 7) is 1.59. The molecule has 25 heavy (non-hydrogen) atoms. The second kappa shape index (κ2) is 9.85. The highest BCUT2D eigenvalue weighted by molar-refractivity contribution is 6.30. The molecule has 0 bridgehead atoms. The Morgan fingerprint density at radius 3 is 2.40 bits per heavy atom. The Morgan fingerprint density at radius 1 is 1.20 bits per heavy atom. The number of amides is 3. The molecule has 9 heteroatoms. The van der Waals surface area contributed by atoms with E-state index in [0.717, 1.165) is 5.56 Å². The van der Waals surface area contributed by atoms with Crippen molar-refractivity contribution in [2.75, 3.05) is 20.3 Å². The summed E-state index contributed by atoms with van der Waals surface area (Å²) in [5.74, 6) is -1.57. The van der Waals surface area contributed by atoms with E-state index in [2.05, 4.69) is 16.0 Å². The maximum atomic E-state index is 11.9. The van der Waals surface area contributed by atoms with E-state index < -0.39 is 23.4 Å². The van der Waals surface area contributed by atoms with Gasteiger partial charge in [-0.2, -0.15) is 0 Å². The maximum absolute atomic E-state index is 11.9. The van der Waals surface area contributed by atoms with Crippen molar-refractivity contribution in [2.45, 2.75) is 25.4 Å². The van der Waals surface area contributed by atoms with Gasteiger partial charge in [-0.15, -0.1) is 0 Å². The van der Waals surface area contributed by atoms with Crippen molar-refractivity contribution in [1.29, 1.82) is 0 Å². The summed E-state index contributed by atoms with van der Waals surface area (Å²) in [6, 6.07) is 6.46. The van der Waals surface area contributed by atoms with Crippen LogP contribution in [-0.2, 0) is 20.9 Å². The lowest BCUT2D eigenvalue weighted by Crippen LogP contribution is -2.53. The number of rotatable bonds is 9. The summed E-state index contributed by atoms with van der Waals surface area (Å²) in [7, 11) is 1.41. The van der Waals surface area contributed by atoms with E-state index >= 15 is 0 Å². The first kappa shape index (κ1) is 20.7. The van der Waals surface area contributed by atoms with Crippen molar-refractivity contribution in [3.8, 4) is 0 Å². The average molecular weight is 372 g/mol. The van der Waals surface area contributed by atoms with E-state index in [1.807, 2.05) is 0 Å². The molecule has 0 radical (unpaired) electrons. The predicted octanol–water partition coefficient (Wildman–Crippen LogP) is 1.14. The molecular formula is C16H22ClN3O5. The number of halogens is 1. The fourth-order valence-electron chi connectivity index (χ4n) is 2.17. The summed E-state index contributed by atoms with van der Waals surface area (Å²) in [5, 5.41) is 17.1. The molecule has 1 aromatic carbocycles. The van der Waals surface area contributed by atoms with Crippen LogP contribution in [0.1, 0.15) is 18.9 Å². The van der Waals surface area contributed by atoms with Gasteiger partial charge in [-0.3, -0.25) is 9.59 Å². The van der Waals surface area contributed by atoms with Crippen LogP contribution in [0.25, 0.3) is 0 Å². The summed E-state index contributed by atoms with van der Waals surface area (Å²) < 4.78 is 4.94. The molecule has 138 valence electrons. The minimum absolute atomic E-state index is 0.0355. The van der Waals surface area contributed by atoms with E-state index in [9.17, 15) is 14.4 Å². The van der Waals surface area contributed by atoms with Crippen LogP contribution >= 0.6 is 11.6 Å². The number of carboxylic acids is 1. The predicted molar refractivity (Wildman–Crippen MR) is 92.4 cm³/mol. The number of hydrogen-bond acceptors (Lipinski definition) is 4. The Hall–Kier alpha value is -2.32. The smallest absolute Gasteiger partial charge is 0.315 e. The van der Waals surface area contributed by atoms with E-state index in [1.165, 1.54) is 7.11 Å². The highest BCUT2D eigenvalue weighted by Gasteiger charge is 2.29. The molecule has 0 aliphatic rings. The molecule has 0 spiro atoms. The molecule has 1 atom stereocenters. The molecule has 1 rings (SSSR count). The van der Waals surface area contributed by atoms with Gasteiger partial charge in [0.25, 0.3) is 0 Å². The monoisotopic (exact) mass is 371 g/mol. The molecule has 3 amide bonds. The third-order valence-electron chi connectivity index (χ3n) is 3.22. The van der Waals surface area contributed by atoms with Crippen molar-refractivity contribution in [2.24, 2.45) is 0 Å². The minimum atomic E-state index is -1.06. The van der Waals surface area contributed by atoms with Gasteiger partial charge in [0, 0.05) is 18.7 Å². The first-order chi connectivity index (χ1) is 11.7. The van der Waals surface area contributed by atoms with Gasteiger partial charge in [0.15, 0.2) is 0 Å². The Balaban J connectivity index is 2.39. The van der Waals surface area contributed by atoms with Crippen LogP contribution in [0.15, 0.2) is 24.3 Å². The van der Waals surface area contributed by atoms with Gasteiger partial charge >= 0.3 is 12.0 Å². The number of aliphatic carboxylic acids is 1. The van der Waals surface area contributed by atoms with Crippen molar-refractivity contribution in [1.82, 2.24) is 16.0 Å². The quantitative estimate of drug-likeness (QED) is 0.519.